The van der Waals surface area contributed by atoms with E-state index < -0.39 is 0 Å². The van der Waals surface area contributed by atoms with E-state index in [0.29, 0.717) is 5.95 Å². The van der Waals surface area contributed by atoms with Gasteiger partial charge in [0.05, 0.1) is 12.2 Å². The van der Waals surface area contributed by atoms with Crippen LogP contribution in [0, 0.1) is 0 Å². The molecule has 5 nitrogen and oxygen atoms in total. The van der Waals surface area contributed by atoms with Gasteiger partial charge in [-0.05, 0) is 26.3 Å². The molecule has 1 aromatic carbocycles. The monoisotopic (exact) mass is 271 g/mol. The summed E-state index contributed by atoms with van der Waals surface area (Å²) in [7, 11) is 0. The lowest BCUT2D eigenvalue weighted by molar-refractivity contribution is 0.803. The van der Waals surface area contributed by atoms with E-state index in [0.717, 1.165) is 18.9 Å². The molecule has 2 aromatic rings. The summed E-state index contributed by atoms with van der Waals surface area (Å²) in [4.78, 5) is 6.67. The Balaban J connectivity index is 2.12. The second-order valence-corrected chi connectivity index (χ2v) is 4.59. The average molecular weight is 271 g/mol. The number of nitrogens with one attached hydrogen (secondary N) is 1. The molecule has 1 atom stereocenters. The highest BCUT2D eigenvalue weighted by atomic mass is 15.3. The molecule has 0 bridgehead atoms. The van der Waals surface area contributed by atoms with Crippen LogP contribution in [0.2, 0.25) is 0 Å². The number of aromatic nitrogens is 3. The Morgan fingerprint density at radius 3 is 2.50 bits per heavy atom. The van der Waals surface area contributed by atoms with E-state index in [-0.39, 0.29) is 6.04 Å². The third kappa shape index (κ3) is 3.44. The molecule has 1 heterocycles. The normalized spacial score (nSPS) is 11.9. The van der Waals surface area contributed by atoms with Crippen molar-refractivity contribution < 1.29 is 0 Å². The Kier molecular flexibility index (Phi) is 4.87. The highest BCUT2D eigenvalue weighted by molar-refractivity contribution is 5.41. The van der Waals surface area contributed by atoms with Crippen molar-refractivity contribution in [1.82, 2.24) is 15.2 Å². The number of anilines is 2. The molecule has 0 fully saturated rings. The van der Waals surface area contributed by atoms with Gasteiger partial charge in [-0.3, -0.25) is 0 Å². The largest absolute Gasteiger partial charge is 0.356 e. The third-order valence-corrected chi connectivity index (χ3v) is 3.28. The Morgan fingerprint density at radius 2 is 1.85 bits per heavy atom. The van der Waals surface area contributed by atoms with Gasteiger partial charge >= 0.3 is 0 Å². The minimum atomic E-state index is 0.143. The summed E-state index contributed by atoms with van der Waals surface area (Å²) in [5.41, 5.74) is 1.20. The van der Waals surface area contributed by atoms with Crippen LogP contribution in [0.5, 0.6) is 0 Å². The van der Waals surface area contributed by atoms with E-state index in [1.807, 2.05) is 18.2 Å². The van der Waals surface area contributed by atoms with Gasteiger partial charge in [-0.15, -0.1) is 5.10 Å². The smallest absolute Gasteiger partial charge is 0.245 e. The van der Waals surface area contributed by atoms with Gasteiger partial charge in [0.1, 0.15) is 0 Å². The zero-order valence-electron chi connectivity index (χ0n) is 12.2. The number of nitrogens with zero attached hydrogens (tertiary/aromatic N) is 4. The van der Waals surface area contributed by atoms with Crippen molar-refractivity contribution in [1.29, 1.82) is 0 Å². The van der Waals surface area contributed by atoms with Gasteiger partial charge in [-0.2, -0.15) is 10.1 Å². The van der Waals surface area contributed by atoms with Crippen molar-refractivity contribution in [2.24, 2.45) is 0 Å². The van der Waals surface area contributed by atoms with Crippen molar-refractivity contribution >= 4 is 11.8 Å². The zero-order valence-corrected chi connectivity index (χ0v) is 12.2. The highest BCUT2D eigenvalue weighted by Crippen LogP contribution is 2.17. The molecule has 2 rings (SSSR count). The van der Waals surface area contributed by atoms with Gasteiger partial charge in [-0.1, -0.05) is 30.3 Å². The Morgan fingerprint density at radius 1 is 1.15 bits per heavy atom. The van der Waals surface area contributed by atoms with Crippen LogP contribution in [0.15, 0.2) is 36.5 Å². The summed E-state index contributed by atoms with van der Waals surface area (Å²) >= 11 is 0. The topological polar surface area (TPSA) is 53.9 Å². The number of benzene rings is 1. The molecule has 0 saturated heterocycles. The lowest BCUT2D eigenvalue weighted by Crippen LogP contribution is -2.24. The number of hydrogen-bond donors (Lipinski definition) is 1. The van der Waals surface area contributed by atoms with E-state index >= 15 is 0 Å². The first-order valence-corrected chi connectivity index (χ1v) is 7.00. The van der Waals surface area contributed by atoms with E-state index in [4.69, 9.17) is 0 Å². The maximum Gasteiger partial charge on any atom is 0.245 e. The second-order valence-electron chi connectivity index (χ2n) is 4.59. The van der Waals surface area contributed by atoms with Crippen molar-refractivity contribution in [2.75, 3.05) is 23.3 Å². The SMILES string of the molecule is CCN(CC)c1cnnc(NC(C)c2ccccc2)n1. The molecular weight excluding hydrogens is 250 g/mol. The molecule has 0 aliphatic carbocycles. The van der Waals surface area contributed by atoms with Gasteiger partial charge in [0.15, 0.2) is 5.82 Å². The molecule has 20 heavy (non-hydrogen) atoms. The molecule has 5 heteroatoms. The standard InChI is InChI=1S/C15H21N5/c1-4-20(5-2)14-11-16-19-15(18-14)17-12(3)13-9-7-6-8-10-13/h6-12H,4-5H2,1-3H3,(H,17,18,19). The van der Waals surface area contributed by atoms with Crippen molar-refractivity contribution in [3.05, 3.63) is 42.1 Å². The van der Waals surface area contributed by atoms with Crippen LogP contribution >= 0.6 is 0 Å². The van der Waals surface area contributed by atoms with E-state index in [2.05, 4.69) is 58.3 Å². The lowest BCUT2D eigenvalue weighted by Gasteiger charge is -2.20. The van der Waals surface area contributed by atoms with Gasteiger partial charge in [0.25, 0.3) is 0 Å². The van der Waals surface area contributed by atoms with Crippen molar-refractivity contribution in [2.45, 2.75) is 26.8 Å². The Bertz CT molecular complexity index is 525. The summed E-state index contributed by atoms with van der Waals surface area (Å²) in [6.07, 6.45) is 1.70. The molecule has 0 aliphatic rings. The molecule has 106 valence electrons. The van der Waals surface area contributed by atoms with Crippen LogP contribution in [0.1, 0.15) is 32.4 Å². The molecule has 0 aliphatic heterocycles. The number of hydrogen-bond acceptors (Lipinski definition) is 5. The van der Waals surface area contributed by atoms with E-state index in [1.54, 1.807) is 6.20 Å². The van der Waals surface area contributed by atoms with Gasteiger partial charge in [-0.25, -0.2) is 0 Å². The summed E-state index contributed by atoms with van der Waals surface area (Å²) in [6.45, 7) is 8.10. The Hall–Kier alpha value is -2.17. The van der Waals surface area contributed by atoms with Gasteiger partial charge in [0.2, 0.25) is 5.95 Å². The fourth-order valence-electron chi connectivity index (χ4n) is 2.07. The quantitative estimate of drug-likeness (QED) is 0.875. The zero-order chi connectivity index (χ0) is 14.4. The van der Waals surface area contributed by atoms with Crippen LogP contribution in [-0.2, 0) is 0 Å². The summed E-state index contributed by atoms with van der Waals surface area (Å²) in [5, 5.41) is 11.4. The first-order valence-electron chi connectivity index (χ1n) is 7.00. The van der Waals surface area contributed by atoms with E-state index in [1.165, 1.54) is 5.56 Å². The van der Waals surface area contributed by atoms with Crippen LogP contribution < -0.4 is 10.2 Å². The Labute approximate surface area is 120 Å². The maximum absolute atomic E-state index is 4.52. The molecule has 0 spiro atoms. The van der Waals surface area contributed by atoms with Gasteiger partial charge in [0, 0.05) is 13.1 Å². The predicted molar refractivity (Wildman–Crippen MR) is 81.9 cm³/mol. The first kappa shape index (κ1) is 14.2. The summed E-state index contributed by atoms with van der Waals surface area (Å²) in [5.74, 6) is 1.42. The molecular formula is C15H21N5. The first-order chi connectivity index (χ1) is 9.74. The molecule has 1 N–H and O–H groups in total. The van der Waals surface area contributed by atoms with Crippen LogP contribution in [-0.4, -0.2) is 28.3 Å². The van der Waals surface area contributed by atoms with Crippen LogP contribution in [0.3, 0.4) is 0 Å². The van der Waals surface area contributed by atoms with Crippen LogP contribution in [0.25, 0.3) is 0 Å². The predicted octanol–water partition coefficient (Wildman–Crippen LogP) is 2.89. The minimum Gasteiger partial charge on any atom is -0.356 e. The van der Waals surface area contributed by atoms with Crippen LogP contribution in [0.4, 0.5) is 11.8 Å². The molecule has 0 saturated carbocycles. The third-order valence-electron chi connectivity index (χ3n) is 3.28. The molecule has 1 unspecified atom stereocenters. The highest BCUT2D eigenvalue weighted by Gasteiger charge is 2.09. The van der Waals surface area contributed by atoms with Gasteiger partial charge < -0.3 is 10.2 Å². The molecule has 1 aromatic heterocycles. The minimum absolute atomic E-state index is 0.143. The average Bonchev–Trinajstić information content (AvgIpc) is 2.50. The fourth-order valence-corrected chi connectivity index (χ4v) is 2.07. The maximum atomic E-state index is 4.52. The van der Waals surface area contributed by atoms with E-state index in [9.17, 15) is 0 Å². The fraction of sp³-hybridized carbons (Fsp3) is 0.400. The van der Waals surface area contributed by atoms with Crippen molar-refractivity contribution in [3.8, 4) is 0 Å². The second kappa shape index (κ2) is 6.84. The molecule has 0 amide bonds. The molecule has 0 radical (unpaired) electrons. The summed E-state index contributed by atoms with van der Waals surface area (Å²) in [6, 6.07) is 10.4. The lowest BCUT2D eigenvalue weighted by atomic mass is 10.1. The summed E-state index contributed by atoms with van der Waals surface area (Å²) < 4.78 is 0. The van der Waals surface area contributed by atoms with Crippen molar-refractivity contribution in [3.63, 3.8) is 0 Å². The number of rotatable bonds is 6.